The summed E-state index contributed by atoms with van der Waals surface area (Å²) in [7, 11) is 0. The van der Waals surface area contributed by atoms with Crippen LogP contribution in [0.4, 0.5) is 8.78 Å². The molecule has 0 saturated heterocycles. The maximum Gasteiger partial charge on any atom is 0.175 e. The van der Waals surface area contributed by atoms with Crippen LogP contribution in [0.2, 0.25) is 10.0 Å². The van der Waals surface area contributed by atoms with Crippen LogP contribution >= 0.6 is 23.2 Å². The molecule has 0 radical (unpaired) electrons. The predicted molar refractivity (Wildman–Crippen MR) is 83.2 cm³/mol. The van der Waals surface area contributed by atoms with Gasteiger partial charge in [-0.05, 0) is 30.3 Å². The third-order valence-corrected chi connectivity index (χ3v) is 3.87. The standard InChI is InChI=1S/C16H9Cl2F2NO2/c17-8-1-4-13(18)11(5-8)15-12(7-22)16(23-21-15)10-3-2-9(19)6-14(10)20/h1-6,22H,7H2. The molecule has 7 heteroatoms. The number of rotatable bonds is 3. The van der Waals surface area contributed by atoms with Crippen molar-refractivity contribution >= 4 is 23.2 Å². The van der Waals surface area contributed by atoms with Gasteiger partial charge in [-0.1, -0.05) is 28.4 Å². The van der Waals surface area contributed by atoms with Crippen molar-refractivity contribution in [2.45, 2.75) is 6.61 Å². The zero-order valence-electron chi connectivity index (χ0n) is 11.5. The molecule has 0 saturated carbocycles. The van der Waals surface area contributed by atoms with E-state index in [-0.39, 0.29) is 22.6 Å². The molecule has 0 spiro atoms. The summed E-state index contributed by atoms with van der Waals surface area (Å²) in [5, 5.41) is 14.3. The van der Waals surface area contributed by atoms with Gasteiger partial charge in [0.2, 0.25) is 0 Å². The van der Waals surface area contributed by atoms with E-state index in [0.717, 1.165) is 12.1 Å². The number of aliphatic hydroxyl groups is 1. The summed E-state index contributed by atoms with van der Waals surface area (Å²) in [6, 6.07) is 7.78. The maximum atomic E-state index is 14.0. The van der Waals surface area contributed by atoms with Crippen molar-refractivity contribution in [3.8, 4) is 22.6 Å². The van der Waals surface area contributed by atoms with Gasteiger partial charge in [-0.25, -0.2) is 8.78 Å². The molecule has 3 nitrogen and oxygen atoms in total. The topological polar surface area (TPSA) is 46.3 Å². The minimum absolute atomic E-state index is 0.00708. The van der Waals surface area contributed by atoms with Gasteiger partial charge in [0.05, 0.1) is 22.8 Å². The quantitative estimate of drug-likeness (QED) is 0.711. The zero-order chi connectivity index (χ0) is 16.6. The molecule has 0 amide bonds. The largest absolute Gasteiger partial charge is 0.391 e. The van der Waals surface area contributed by atoms with Crippen molar-refractivity contribution < 1.29 is 18.4 Å². The predicted octanol–water partition coefficient (Wildman–Crippen LogP) is 5.09. The first-order valence-corrected chi connectivity index (χ1v) is 7.27. The smallest absolute Gasteiger partial charge is 0.175 e. The first kappa shape index (κ1) is 15.9. The first-order chi connectivity index (χ1) is 11.0. The van der Waals surface area contributed by atoms with Crippen molar-refractivity contribution in [3.63, 3.8) is 0 Å². The first-order valence-electron chi connectivity index (χ1n) is 6.51. The molecule has 3 aromatic rings. The number of halogens is 4. The number of benzene rings is 2. The van der Waals surface area contributed by atoms with E-state index in [1.54, 1.807) is 18.2 Å². The summed E-state index contributed by atoms with van der Waals surface area (Å²) < 4.78 is 32.2. The highest BCUT2D eigenvalue weighted by Crippen LogP contribution is 2.37. The number of aliphatic hydroxyl groups excluding tert-OH is 1. The van der Waals surface area contributed by atoms with Crippen LogP contribution < -0.4 is 0 Å². The fourth-order valence-electron chi connectivity index (χ4n) is 2.23. The van der Waals surface area contributed by atoms with Gasteiger partial charge in [0, 0.05) is 16.7 Å². The van der Waals surface area contributed by atoms with Crippen molar-refractivity contribution in [2.75, 3.05) is 0 Å². The molecule has 3 rings (SSSR count). The van der Waals surface area contributed by atoms with Gasteiger partial charge in [0.15, 0.2) is 5.76 Å². The molecule has 0 unspecified atom stereocenters. The average molecular weight is 356 g/mol. The summed E-state index contributed by atoms with van der Waals surface area (Å²) in [4.78, 5) is 0. The molecule has 118 valence electrons. The van der Waals surface area contributed by atoms with E-state index in [0.29, 0.717) is 15.6 Å². The molecular formula is C16H9Cl2F2NO2. The molecule has 2 aromatic carbocycles. The van der Waals surface area contributed by atoms with Crippen LogP contribution in [-0.4, -0.2) is 10.3 Å². The summed E-state index contributed by atoms with van der Waals surface area (Å²) in [5.41, 5.74) is 0.923. The van der Waals surface area contributed by atoms with Crippen LogP contribution in [0.5, 0.6) is 0 Å². The summed E-state index contributed by atoms with van der Waals surface area (Å²) in [6.07, 6.45) is 0. The van der Waals surface area contributed by atoms with Gasteiger partial charge in [0.25, 0.3) is 0 Å². The van der Waals surface area contributed by atoms with Crippen molar-refractivity contribution in [3.05, 3.63) is 63.6 Å². The Hall–Kier alpha value is -1.95. The monoisotopic (exact) mass is 355 g/mol. The Morgan fingerprint density at radius 2 is 1.83 bits per heavy atom. The van der Waals surface area contributed by atoms with Crippen LogP contribution in [0.25, 0.3) is 22.6 Å². The van der Waals surface area contributed by atoms with Crippen LogP contribution in [-0.2, 0) is 6.61 Å². The Morgan fingerprint density at radius 3 is 2.52 bits per heavy atom. The van der Waals surface area contributed by atoms with Crippen molar-refractivity contribution in [2.24, 2.45) is 0 Å². The van der Waals surface area contributed by atoms with E-state index in [1.165, 1.54) is 6.07 Å². The lowest BCUT2D eigenvalue weighted by atomic mass is 10.0. The van der Waals surface area contributed by atoms with Crippen LogP contribution in [0.3, 0.4) is 0 Å². The Balaban J connectivity index is 2.19. The average Bonchev–Trinajstić information content (AvgIpc) is 2.93. The Bertz CT molecular complexity index is 881. The molecule has 0 aliphatic heterocycles. The second-order valence-electron chi connectivity index (χ2n) is 4.75. The maximum absolute atomic E-state index is 14.0. The van der Waals surface area contributed by atoms with Crippen LogP contribution in [0, 0.1) is 11.6 Å². The molecule has 0 aliphatic rings. The van der Waals surface area contributed by atoms with Gasteiger partial charge in [-0.2, -0.15) is 0 Å². The Labute approximate surface area is 140 Å². The number of aromatic nitrogens is 1. The summed E-state index contributed by atoms with van der Waals surface area (Å²) >= 11 is 12.1. The van der Waals surface area contributed by atoms with Gasteiger partial charge in [-0.3, -0.25) is 0 Å². The SMILES string of the molecule is OCc1c(-c2cc(Cl)ccc2Cl)noc1-c1ccc(F)cc1F. The number of hydrogen-bond donors (Lipinski definition) is 1. The fourth-order valence-corrected chi connectivity index (χ4v) is 2.61. The van der Waals surface area contributed by atoms with Gasteiger partial charge >= 0.3 is 0 Å². The molecule has 1 aromatic heterocycles. The summed E-state index contributed by atoms with van der Waals surface area (Å²) in [6.45, 7) is -0.464. The van der Waals surface area contributed by atoms with Gasteiger partial charge in [-0.15, -0.1) is 0 Å². The van der Waals surface area contributed by atoms with Crippen molar-refractivity contribution in [1.82, 2.24) is 5.16 Å². The van der Waals surface area contributed by atoms with E-state index < -0.39 is 18.2 Å². The van der Waals surface area contributed by atoms with Gasteiger partial charge in [0.1, 0.15) is 17.3 Å². The molecule has 0 aliphatic carbocycles. The number of nitrogens with zero attached hydrogens (tertiary/aromatic N) is 1. The molecule has 23 heavy (non-hydrogen) atoms. The van der Waals surface area contributed by atoms with E-state index >= 15 is 0 Å². The minimum Gasteiger partial charge on any atom is -0.391 e. The third kappa shape index (κ3) is 2.95. The van der Waals surface area contributed by atoms with Crippen LogP contribution in [0.15, 0.2) is 40.9 Å². The minimum atomic E-state index is -0.820. The molecule has 1 N–H and O–H groups in total. The lowest BCUT2D eigenvalue weighted by molar-refractivity contribution is 0.281. The van der Waals surface area contributed by atoms with E-state index in [2.05, 4.69) is 5.16 Å². The molecule has 0 fully saturated rings. The van der Waals surface area contributed by atoms with E-state index in [4.69, 9.17) is 27.7 Å². The van der Waals surface area contributed by atoms with E-state index in [1.807, 2.05) is 0 Å². The molecular weight excluding hydrogens is 347 g/mol. The zero-order valence-corrected chi connectivity index (χ0v) is 13.0. The second kappa shape index (κ2) is 6.28. The molecule has 0 bridgehead atoms. The highest BCUT2D eigenvalue weighted by Gasteiger charge is 2.22. The lowest BCUT2D eigenvalue weighted by Gasteiger charge is -2.05. The Morgan fingerprint density at radius 1 is 1.04 bits per heavy atom. The number of hydrogen-bond acceptors (Lipinski definition) is 3. The summed E-state index contributed by atoms with van der Waals surface area (Å²) in [5.74, 6) is -1.52. The van der Waals surface area contributed by atoms with E-state index in [9.17, 15) is 13.9 Å². The highest BCUT2D eigenvalue weighted by molar-refractivity contribution is 6.35. The normalized spacial score (nSPS) is 11.0. The van der Waals surface area contributed by atoms with Gasteiger partial charge < -0.3 is 9.63 Å². The molecule has 0 atom stereocenters. The Kier molecular flexibility index (Phi) is 4.35. The highest BCUT2D eigenvalue weighted by atomic mass is 35.5. The third-order valence-electron chi connectivity index (χ3n) is 3.31. The molecule has 1 heterocycles. The second-order valence-corrected chi connectivity index (χ2v) is 5.59. The fraction of sp³-hybridized carbons (Fsp3) is 0.0625. The lowest BCUT2D eigenvalue weighted by Crippen LogP contribution is -1.92. The van der Waals surface area contributed by atoms with Crippen molar-refractivity contribution in [1.29, 1.82) is 0 Å². The van der Waals surface area contributed by atoms with Crippen LogP contribution in [0.1, 0.15) is 5.56 Å².